The van der Waals surface area contributed by atoms with Crippen LogP contribution in [0.4, 0.5) is 5.69 Å². The number of ketones is 1. The zero-order valence-electron chi connectivity index (χ0n) is 11.3. The van der Waals surface area contributed by atoms with Gasteiger partial charge in [-0.3, -0.25) is 9.59 Å². The largest absolute Gasteiger partial charge is 0.307 e. The maximum Gasteiger partial charge on any atom is 0.258 e. The van der Waals surface area contributed by atoms with Crippen LogP contribution in [0.5, 0.6) is 0 Å². The van der Waals surface area contributed by atoms with Crippen molar-refractivity contribution in [3.05, 3.63) is 65.2 Å². The van der Waals surface area contributed by atoms with E-state index in [1.807, 2.05) is 49.4 Å². The Labute approximate surface area is 117 Å². The van der Waals surface area contributed by atoms with Crippen molar-refractivity contribution < 1.29 is 9.59 Å². The number of hydrogen-bond acceptors (Lipinski definition) is 2. The Balaban J connectivity index is 2.04. The number of para-hydroxylation sites is 1. The van der Waals surface area contributed by atoms with Crippen LogP contribution in [0.15, 0.2) is 48.5 Å². The van der Waals surface area contributed by atoms with Crippen molar-refractivity contribution in [2.45, 2.75) is 13.3 Å². The first-order chi connectivity index (χ1) is 9.68. The normalized spacial score (nSPS) is 14.1. The lowest BCUT2D eigenvalue weighted by molar-refractivity contribution is 0.0955. The minimum absolute atomic E-state index is 0.0388. The van der Waals surface area contributed by atoms with E-state index in [-0.39, 0.29) is 11.7 Å². The molecule has 20 heavy (non-hydrogen) atoms. The minimum atomic E-state index is -0.0388. The molecule has 0 bridgehead atoms. The molecule has 0 radical (unpaired) electrons. The van der Waals surface area contributed by atoms with E-state index < -0.39 is 0 Å². The van der Waals surface area contributed by atoms with Crippen LogP contribution in [0.2, 0.25) is 0 Å². The predicted octanol–water partition coefficient (Wildman–Crippen LogP) is 3.23. The fourth-order valence-corrected chi connectivity index (χ4v) is 2.58. The first kappa shape index (κ1) is 12.6. The average molecular weight is 265 g/mol. The van der Waals surface area contributed by atoms with E-state index in [9.17, 15) is 9.59 Å². The maximum atomic E-state index is 12.7. The first-order valence-electron chi connectivity index (χ1n) is 6.68. The smallest absolute Gasteiger partial charge is 0.258 e. The minimum Gasteiger partial charge on any atom is -0.307 e. The van der Waals surface area contributed by atoms with Crippen LogP contribution in [-0.4, -0.2) is 18.2 Å². The molecule has 0 N–H and O–H groups in total. The first-order valence-corrected chi connectivity index (χ1v) is 6.68. The molecule has 1 heterocycles. The van der Waals surface area contributed by atoms with Gasteiger partial charge in [-0.2, -0.15) is 0 Å². The van der Waals surface area contributed by atoms with E-state index in [1.165, 1.54) is 0 Å². The van der Waals surface area contributed by atoms with Gasteiger partial charge in [0, 0.05) is 24.1 Å². The van der Waals surface area contributed by atoms with Crippen molar-refractivity contribution in [1.82, 2.24) is 0 Å². The lowest BCUT2D eigenvalue weighted by Crippen LogP contribution is -2.37. The quantitative estimate of drug-likeness (QED) is 0.794. The van der Waals surface area contributed by atoms with Crippen LogP contribution in [-0.2, 0) is 0 Å². The van der Waals surface area contributed by atoms with Gasteiger partial charge >= 0.3 is 0 Å². The van der Waals surface area contributed by atoms with Crippen molar-refractivity contribution in [2.75, 3.05) is 11.4 Å². The van der Waals surface area contributed by atoms with E-state index in [2.05, 4.69) is 0 Å². The zero-order chi connectivity index (χ0) is 14.1. The molecule has 0 saturated heterocycles. The van der Waals surface area contributed by atoms with Crippen LogP contribution in [0, 0.1) is 6.92 Å². The highest BCUT2D eigenvalue weighted by Gasteiger charge is 2.27. The molecule has 0 saturated carbocycles. The third-order valence-electron chi connectivity index (χ3n) is 3.68. The van der Waals surface area contributed by atoms with Crippen molar-refractivity contribution in [1.29, 1.82) is 0 Å². The Kier molecular flexibility index (Phi) is 3.11. The number of benzene rings is 2. The summed E-state index contributed by atoms with van der Waals surface area (Å²) in [6, 6.07) is 14.8. The molecule has 3 nitrogen and oxygen atoms in total. The number of nitrogens with zero attached hydrogens (tertiary/aromatic N) is 1. The molecule has 1 aliphatic rings. The molecule has 0 aromatic heterocycles. The molecule has 0 spiro atoms. The Morgan fingerprint density at radius 1 is 1.05 bits per heavy atom. The molecule has 3 rings (SSSR count). The standard InChI is InChI=1S/C17H15NO2/c1-12-6-2-3-7-13(12)17(20)18-11-10-16(19)14-8-4-5-9-15(14)18/h2-9H,10-11H2,1H3. The van der Waals surface area contributed by atoms with Crippen LogP contribution < -0.4 is 4.90 Å². The Morgan fingerprint density at radius 2 is 1.75 bits per heavy atom. The van der Waals surface area contributed by atoms with E-state index >= 15 is 0 Å². The summed E-state index contributed by atoms with van der Waals surface area (Å²) in [6.07, 6.45) is 0.384. The fourth-order valence-electron chi connectivity index (χ4n) is 2.58. The fraction of sp³-hybridized carbons (Fsp3) is 0.176. The van der Waals surface area contributed by atoms with E-state index in [4.69, 9.17) is 0 Å². The molecule has 1 amide bonds. The number of hydrogen-bond donors (Lipinski definition) is 0. The van der Waals surface area contributed by atoms with E-state index in [0.29, 0.717) is 24.1 Å². The number of anilines is 1. The second kappa shape index (κ2) is 4.93. The highest BCUT2D eigenvalue weighted by atomic mass is 16.2. The lowest BCUT2D eigenvalue weighted by Gasteiger charge is -2.29. The summed E-state index contributed by atoms with van der Waals surface area (Å²) in [5, 5.41) is 0. The van der Waals surface area contributed by atoms with Gasteiger partial charge in [0.05, 0.1) is 5.69 Å². The molecule has 3 heteroatoms. The second-order valence-corrected chi connectivity index (χ2v) is 4.96. The average Bonchev–Trinajstić information content (AvgIpc) is 2.48. The number of fused-ring (bicyclic) bond motifs is 1. The van der Waals surface area contributed by atoms with Gasteiger partial charge in [-0.1, -0.05) is 30.3 Å². The molecule has 0 aliphatic carbocycles. The Morgan fingerprint density at radius 3 is 2.55 bits per heavy atom. The van der Waals surface area contributed by atoms with Crippen LogP contribution >= 0.6 is 0 Å². The molecule has 100 valence electrons. The van der Waals surface area contributed by atoms with Gasteiger partial charge in [-0.15, -0.1) is 0 Å². The van der Waals surface area contributed by atoms with Crippen LogP contribution in [0.25, 0.3) is 0 Å². The third kappa shape index (κ3) is 2.01. The van der Waals surface area contributed by atoms with Gasteiger partial charge < -0.3 is 4.90 Å². The Bertz CT molecular complexity index is 691. The number of rotatable bonds is 1. The van der Waals surface area contributed by atoms with Crippen molar-refractivity contribution in [3.63, 3.8) is 0 Å². The molecule has 0 fully saturated rings. The van der Waals surface area contributed by atoms with Gasteiger partial charge in [0.25, 0.3) is 5.91 Å². The van der Waals surface area contributed by atoms with Gasteiger partial charge in [0.15, 0.2) is 5.78 Å². The van der Waals surface area contributed by atoms with Gasteiger partial charge in [-0.25, -0.2) is 0 Å². The number of carbonyl (C=O) groups excluding carboxylic acids is 2. The molecular formula is C17H15NO2. The summed E-state index contributed by atoms with van der Waals surface area (Å²) in [5.74, 6) is 0.0671. The third-order valence-corrected chi connectivity index (χ3v) is 3.68. The van der Waals surface area contributed by atoms with Crippen molar-refractivity contribution >= 4 is 17.4 Å². The number of amides is 1. The molecule has 2 aromatic rings. The number of Topliss-reactive ketones (excluding diaryl/α,β-unsaturated/α-hetero) is 1. The number of aryl methyl sites for hydroxylation is 1. The van der Waals surface area contributed by atoms with Crippen molar-refractivity contribution in [3.8, 4) is 0 Å². The SMILES string of the molecule is Cc1ccccc1C(=O)N1CCC(=O)c2ccccc21. The van der Waals surface area contributed by atoms with E-state index in [0.717, 1.165) is 11.3 Å². The molecule has 0 unspecified atom stereocenters. The maximum absolute atomic E-state index is 12.7. The van der Waals surface area contributed by atoms with Gasteiger partial charge in [0.2, 0.25) is 0 Å². The summed E-state index contributed by atoms with van der Waals surface area (Å²) in [5.41, 5.74) is 3.00. The van der Waals surface area contributed by atoms with Crippen LogP contribution in [0.1, 0.15) is 32.7 Å². The summed E-state index contributed by atoms with van der Waals surface area (Å²) in [4.78, 5) is 26.3. The second-order valence-electron chi connectivity index (χ2n) is 4.96. The molecular weight excluding hydrogens is 250 g/mol. The van der Waals surface area contributed by atoms with Gasteiger partial charge in [0.1, 0.15) is 0 Å². The summed E-state index contributed by atoms with van der Waals surface area (Å²) in [6.45, 7) is 2.37. The topological polar surface area (TPSA) is 37.4 Å². The summed E-state index contributed by atoms with van der Waals surface area (Å²) >= 11 is 0. The summed E-state index contributed by atoms with van der Waals surface area (Å²) in [7, 11) is 0. The van der Waals surface area contributed by atoms with Gasteiger partial charge in [-0.05, 0) is 30.7 Å². The lowest BCUT2D eigenvalue weighted by atomic mass is 9.99. The Hall–Kier alpha value is -2.42. The highest BCUT2D eigenvalue weighted by molar-refractivity contribution is 6.13. The molecule has 0 atom stereocenters. The number of carbonyl (C=O) groups is 2. The van der Waals surface area contributed by atoms with E-state index in [1.54, 1.807) is 11.0 Å². The van der Waals surface area contributed by atoms with Crippen molar-refractivity contribution in [2.24, 2.45) is 0 Å². The zero-order valence-corrected chi connectivity index (χ0v) is 11.3. The molecule has 1 aliphatic heterocycles. The predicted molar refractivity (Wildman–Crippen MR) is 78.2 cm³/mol. The highest BCUT2D eigenvalue weighted by Crippen LogP contribution is 2.28. The monoisotopic (exact) mass is 265 g/mol. The van der Waals surface area contributed by atoms with Crippen LogP contribution in [0.3, 0.4) is 0 Å². The molecule has 2 aromatic carbocycles. The summed E-state index contributed by atoms with van der Waals surface area (Å²) < 4.78 is 0.